The first-order valence-electron chi connectivity index (χ1n) is 7.78. The van der Waals surface area contributed by atoms with Crippen LogP contribution in [0.25, 0.3) is 0 Å². The summed E-state index contributed by atoms with van der Waals surface area (Å²) in [5.74, 6) is -0.314. The summed E-state index contributed by atoms with van der Waals surface area (Å²) >= 11 is 0. The predicted molar refractivity (Wildman–Crippen MR) is 97.2 cm³/mol. The maximum atomic E-state index is 11.8. The largest absolute Gasteiger partial charge is 0.378 e. The Labute approximate surface area is 144 Å². The maximum absolute atomic E-state index is 11.8. The number of rotatable bonds is 6. The average molecular weight is 343 g/mol. The van der Waals surface area contributed by atoms with E-state index in [9.17, 15) is 14.4 Å². The van der Waals surface area contributed by atoms with Crippen molar-refractivity contribution in [2.24, 2.45) is 5.10 Å². The third-order valence-corrected chi connectivity index (χ3v) is 3.67. The van der Waals surface area contributed by atoms with Gasteiger partial charge in [0.15, 0.2) is 0 Å². The second-order valence-electron chi connectivity index (χ2n) is 5.79. The second-order valence-corrected chi connectivity index (χ2v) is 5.79. The molecule has 1 aromatic carbocycles. The minimum Gasteiger partial charge on any atom is -0.378 e. The highest BCUT2D eigenvalue weighted by atomic mass is 16.2. The van der Waals surface area contributed by atoms with Crippen LogP contribution in [-0.4, -0.2) is 36.2 Å². The van der Waals surface area contributed by atoms with Gasteiger partial charge in [-0.2, -0.15) is 5.10 Å². The summed E-state index contributed by atoms with van der Waals surface area (Å²) in [6.45, 7) is 1.62. The van der Waals surface area contributed by atoms with Crippen LogP contribution in [0.3, 0.4) is 0 Å². The van der Waals surface area contributed by atoms with E-state index in [-0.39, 0.29) is 18.7 Å². The molecule has 8 nitrogen and oxygen atoms in total. The summed E-state index contributed by atoms with van der Waals surface area (Å²) in [5.41, 5.74) is 4.18. The van der Waals surface area contributed by atoms with Crippen molar-refractivity contribution >= 4 is 17.8 Å². The van der Waals surface area contributed by atoms with E-state index in [0.29, 0.717) is 11.3 Å². The van der Waals surface area contributed by atoms with Crippen molar-refractivity contribution in [3.05, 3.63) is 61.9 Å². The van der Waals surface area contributed by atoms with Gasteiger partial charge in [0.2, 0.25) is 5.91 Å². The van der Waals surface area contributed by atoms with Crippen LogP contribution in [0.5, 0.6) is 0 Å². The third-order valence-electron chi connectivity index (χ3n) is 3.67. The van der Waals surface area contributed by atoms with Gasteiger partial charge in [-0.3, -0.25) is 14.6 Å². The van der Waals surface area contributed by atoms with E-state index in [1.165, 1.54) is 0 Å². The Morgan fingerprint density at radius 2 is 1.88 bits per heavy atom. The van der Waals surface area contributed by atoms with Crippen molar-refractivity contribution in [2.45, 2.75) is 19.8 Å². The lowest BCUT2D eigenvalue weighted by atomic mass is 10.1. The topological polar surface area (TPSA) is 110 Å². The lowest BCUT2D eigenvalue weighted by Gasteiger charge is -2.11. The molecule has 2 rings (SSSR count). The zero-order chi connectivity index (χ0) is 18.4. The van der Waals surface area contributed by atoms with Gasteiger partial charge in [0, 0.05) is 37.5 Å². The highest BCUT2D eigenvalue weighted by Gasteiger charge is 2.08. The second kappa shape index (κ2) is 8.09. The van der Waals surface area contributed by atoms with Gasteiger partial charge < -0.3 is 9.88 Å². The van der Waals surface area contributed by atoms with Crippen LogP contribution < -0.4 is 21.6 Å². The van der Waals surface area contributed by atoms with E-state index in [4.69, 9.17) is 0 Å². The number of benzene rings is 1. The lowest BCUT2D eigenvalue weighted by Crippen LogP contribution is -2.28. The van der Waals surface area contributed by atoms with E-state index in [1.807, 2.05) is 43.3 Å². The molecule has 0 spiro atoms. The molecular weight excluding hydrogens is 322 g/mol. The molecule has 8 heteroatoms. The summed E-state index contributed by atoms with van der Waals surface area (Å²) in [6, 6.07) is 7.70. The molecule has 2 aromatic rings. The number of hydrogen-bond donors (Lipinski definition) is 3. The minimum absolute atomic E-state index is 0.0901. The van der Waals surface area contributed by atoms with Crippen molar-refractivity contribution in [1.29, 1.82) is 0 Å². The zero-order valence-corrected chi connectivity index (χ0v) is 14.4. The number of carbonyl (C=O) groups is 1. The van der Waals surface area contributed by atoms with Crippen molar-refractivity contribution in [3.8, 4) is 0 Å². The minimum atomic E-state index is -0.555. The van der Waals surface area contributed by atoms with Crippen LogP contribution in [0.15, 0.2) is 39.0 Å². The van der Waals surface area contributed by atoms with Crippen LogP contribution >= 0.6 is 0 Å². The van der Waals surface area contributed by atoms with E-state index in [2.05, 4.69) is 20.5 Å². The smallest absolute Gasteiger partial charge is 0.325 e. The number of aromatic nitrogens is 2. The lowest BCUT2D eigenvalue weighted by molar-refractivity contribution is -0.121. The fraction of sp³-hybridized carbons (Fsp3) is 0.294. The first kappa shape index (κ1) is 18.2. The Morgan fingerprint density at radius 1 is 1.20 bits per heavy atom. The predicted octanol–water partition coefficient (Wildman–Crippen LogP) is 0.521. The number of carbonyl (C=O) groups excluding carboxylic acids is 1. The molecule has 1 amide bonds. The number of hydrogen-bond acceptors (Lipinski definition) is 5. The molecule has 0 aliphatic rings. The van der Waals surface area contributed by atoms with Gasteiger partial charge in [-0.1, -0.05) is 12.1 Å². The molecule has 0 fully saturated rings. The summed E-state index contributed by atoms with van der Waals surface area (Å²) in [4.78, 5) is 41.3. The van der Waals surface area contributed by atoms with E-state index in [1.54, 1.807) is 13.1 Å². The molecule has 0 atom stereocenters. The fourth-order valence-electron chi connectivity index (χ4n) is 2.26. The molecule has 0 saturated carbocycles. The molecule has 3 N–H and O–H groups in total. The van der Waals surface area contributed by atoms with Gasteiger partial charge in [0.25, 0.3) is 5.56 Å². The standard InChI is InChI=1S/C17H21N5O3/c1-11-14(16(24)20-17(25)19-11)8-9-15(23)21-18-10-12-4-6-13(7-5-12)22(2)3/h4-7,10H,8-9H2,1-3H3,(H,21,23)(H2,19,20,24,25)/b18-10+. The number of nitrogens with one attached hydrogen (secondary N) is 3. The number of aryl methyl sites for hydroxylation is 1. The zero-order valence-electron chi connectivity index (χ0n) is 14.4. The number of H-pyrrole nitrogens is 2. The van der Waals surface area contributed by atoms with Crippen LogP contribution in [0.1, 0.15) is 23.2 Å². The van der Waals surface area contributed by atoms with E-state index < -0.39 is 11.2 Å². The van der Waals surface area contributed by atoms with E-state index in [0.717, 1.165) is 11.3 Å². The highest BCUT2D eigenvalue weighted by Crippen LogP contribution is 2.10. The molecule has 0 radical (unpaired) electrons. The maximum Gasteiger partial charge on any atom is 0.325 e. The normalized spacial score (nSPS) is 10.8. The Kier molecular flexibility index (Phi) is 5.89. The molecule has 1 aromatic heterocycles. The molecule has 0 saturated heterocycles. The molecule has 0 aliphatic heterocycles. The van der Waals surface area contributed by atoms with Gasteiger partial charge in [-0.15, -0.1) is 0 Å². The monoisotopic (exact) mass is 343 g/mol. The van der Waals surface area contributed by atoms with Gasteiger partial charge in [-0.05, 0) is 31.0 Å². The molecule has 1 heterocycles. The first-order valence-corrected chi connectivity index (χ1v) is 7.78. The number of anilines is 1. The molecule has 0 bridgehead atoms. The van der Waals surface area contributed by atoms with Crippen LogP contribution in [0.4, 0.5) is 5.69 Å². The summed E-state index contributed by atoms with van der Waals surface area (Å²) < 4.78 is 0. The number of nitrogens with zero attached hydrogens (tertiary/aromatic N) is 2. The van der Waals surface area contributed by atoms with Gasteiger partial charge in [0.05, 0.1) is 6.21 Å². The molecular formula is C17H21N5O3. The molecule has 0 aliphatic carbocycles. The summed E-state index contributed by atoms with van der Waals surface area (Å²) in [5, 5.41) is 3.91. The number of amides is 1. The first-order chi connectivity index (χ1) is 11.9. The SMILES string of the molecule is Cc1[nH]c(=O)[nH]c(=O)c1CCC(=O)N/N=C/c1ccc(N(C)C)cc1. The van der Waals surface area contributed by atoms with Crippen LogP contribution in [0, 0.1) is 6.92 Å². The summed E-state index contributed by atoms with van der Waals surface area (Å²) in [6.07, 6.45) is 1.86. The van der Waals surface area contributed by atoms with Crippen LogP contribution in [-0.2, 0) is 11.2 Å². The third kappa shape index (κ3) is 5.17. The molecule has 132 valence electrons. The quantitative estimate of drug-likeness (QED) is 0.524. The average Bonchev–Trinajstić information content (AvgIpc) is 2.54. The van der Waals surface area contributed by atoms with Crippen molar-refractivity contribution in [1.82, 2.24) is 15.4 Å². The van der Waals surface area contributed by atoms with Gasteiger partial charge in [0.1, 0.15) is 0 Å². The fourth-order valence-corrected chi connectivity index (χ4v) is 2.26. The Bertz CT molecular complexity index is 878. The highest BCUT2D eigenvalue weighted by molar-refractivity contribution is 5.82. The van der Waals surface area contributed by atoms with E-state index >= 15 is 0 Å². The van der Waals surface area contributed by atoms with Crippen molar-refractivity contribution in [2.75, 3.05) is 19.0 Å². The Balaban J connectivity index is 1.88. The van der Waals surface area contributed by atoms with Crippen molar-refractivity contribution < 1.29 is 4.79 Å². The Morgan fingerprint density at radius 3 is 2.48 bits per heavy atom. The summed E-state index contributed by atoms with van der Waals surface area (Å²) in [7, 11) is 3.91. The van der Waals surface area contributed by atoms with Crippen LogP contribution in [0.2, 0.25) is 0 Å². The van der Waals surface area contributed by atoms with Crippen molar-refractivity contribution in [3.63, 3.8) is 0 Å². The Hall–Kier alpha value is -3.16. The molecule has 0 unspecified atom stereocenters. The molecule has 25 heavy (non-hydrogen) atoms. The van der Waals surface area contributed by atoms with Gasteiger partial charge in [-0.25, -0.2) is 10.2 Å². The van der Waals surface area contributed by atoms with Gasteiger partial charge >= 0.3 is 5.69 Å². The number of hydrazone groups is 1. The number of aromatic amines is 2.